The Morgan fingerprint density at radius 2 is 2.06 bits per heavy atom. The molecule has 3 aliphatic carbocycles. The van der Waals surface area contributed by atoms with Crippen LogP contribution in [0.25, 0.3) is 10.6 Å². The van der Waals surface area contributed by atoms with Crippen LogP contribution in [0, 0.1) is 16.7 Å². The Hall–Kier alpha value is -1.28. The minimum Gasteiger partial charge on any atom is -0.396 e. The van der Waals surface area contributed by atoms with E-state index in [0.717, 1.165) is 41.9 Å². The van der Waals surface area contributed by atoms with Gasteiger partial charge < -0.3 is 15.5 Å². The van der Waals surface area contributed by atoms with Gasteiger partial charge in [-0.25, -0.2) is 4.98 Å². The van der Waals surface area contributed by atoms with Crippen LogP contribution in [0.2, 0.25) is 0 Å². The fraction of sp³-hybridized carbons (Fsp3) is 0.680. The van der Waals surface area contributed by atoms with Crippen LogP contribution in [0.4, 0.5) is 0 Å². The van der Waals surface area contributed by atoms with Crippen LogP contribution in [-0.4, -0.2) is 39.9 Å². The number of aliphatic hydroxyl groups is 2. The highest BCUT2D eigenvalue weighted by molar-refractivity contribution is 7.15. The first-order valence-corrected chi connectivity index (χ1v) is 13.7. The molecule has 5 atom stereocenters. The van der Waals surface area contributed by atoms with Crippen LogP contribution >= 0.6 is 22.7 Å². The summed E-state index contributed by atoms with van der Waals surface area (Å²) < 4.78 is 0. The van der Waals surface area contributed by atoms with Gasteiger partial charge in [0.2, 0.25) is 5.91 Å². The highest BCUT2D eigenvalue weighted by Crippen LogP contribution is 2.63. The van der Waals surface area contributed by atoms with Crippen molar-refractivity contribution in [2.75, 3.05) is 6.61 Å². The molecule has 5 rings (SSSR count). The van der Waals surface area contributed by atoms with Crippen molar-refractivity contribution in [3.8, 4) is 10.6 Å². The molecule has 0 aliphatic heterocycles. The van der Waals surface area contributed by atoms with Crippen molar-refractivity contribution < 1.29 is 15.0 Å². The highest BCUT2D eigenvalue weighted by atomic mass is 32.1. The number of nitrogens with one attached hydrogen (secondary N) is 1. The topological polar surface area (TPSA) is 82.5 Å². The number of fused-ring (bicyclic) bond motifs is 2. The van der Waals surface area contributed by atoms with Crippen LogP contribution in [0.5, 0.6) is 0 Å². The first kappa shape index (κ1) is 22.5. The van der Waals surface area contributed by atoms with Gasteiger partial charge in [0.25, 0.3) is 0 Å². The van der Waals surface area contributed by atoms with Crippen molar-refractivity contribution in [2.24, 2.45) is 16.7 Å². The van der Waals surface area contributed by atoms with Gasteiger partial charge in [0, 0.05) is 39.6 Å². The summed E-state index contributed by atoms with van der Waals surface area (Å²) in [4.78, 5) is 19.5. The predicted molar refractivity (Wildman–Crippen MR) is 129 cm³/mol. The molecule has 1 amide bonds. The Morgan fingerprint density at radius 3 is 2.75 bits per heavy atom. The normalized spacial score (nSPS) is 34.8. The van der Waals surface area contributed by atoms with E-state index in [9.17, 15) is 15.0 Å². The van der Waals surface area contributed by atoms with Crippen LogP contribution in [0.15, 0.2) is 16.8 Å². The quantitative estimate of drug-likeness (QED) is 0.585. The maximum atomic E-state index is 13.2. The molecule has 2 saturated carbocycles. The van der Waals surface area contributed by atoms with Gasteiger partial charge in [-0.2, -0.15) is 11.3 Å². The molecule has 0 radical (unpaired) electrons. The lowest BCUT2D eigenvalue weighted by molar-refractivity contribution is -0.144. The summed E-state index contributed by atoms with van der Waals surface area (Å²) >= 11 is 3.39. The van der Waals surface area contributed by atoms with Crippen molar-refractivity contribution in [1.82, 2.24) is 10.3 Å². The number of rotatable bonds is 5. The Bertz CT molecular complexity index is 968. The first-order chi connectivity index (χ1) is 15.3. The third kappa shape index (κ3) is 3.65. The number of carbonyl (C=O) groups is 1. The van der Waals surface area contributed by atoms with Crippen molar-refractivity contribution in [3.05, 3.63) is 27.4 Å². The second kappa shape index (κ2) is 8.49. The number of thiazole rings is 1. The molecule has 2 aromatic heterocycles. The Balaban J connectivity index is 1.53. The Labute approximate surface area is 198 Å². The standard InChI is InChI=1S/C25H34N2O3S2/c1-24-9-7-20(29)25(2,14-28)19(24)12-18-22(27-23(32-18)15-8-10-31-13-15)17(24)11-21(30)26-16-5-3-4-6-16/h8,10,13,16-17,19-20,28-29H,3-7,9,11-12,14H2,1-2H3,(H,26,30)/t17-,19+,20-,24+,25+/m1/s1. The fourth-order valence-electron chi connectivity index (χ4n) is 6.70. The van der Waals surface area contributed by atoms with Gasteiger partial charge in [-0.15, -0.1) is 11.3 Å². The molecule has 0 spiro atoms. The third-order valence-corrected chi connectivity index (χ3v) is 10.6. The average Bonchev–Trinajstić information content (AvgIpc) is 3.53. The number of thiophene rings is 1. The van der Waals surface area contributed by atoms with Gasteiger partial charge >= 0.3 is 0 Å². The number of aromatic nitrogens is 1. The van der Waals surface area contributed by atoms with Gasteiger partial charge in [0.15, 0.2) is 0 Å². The molecule has 0 unspecified atom stereocenters. The van der Waals surface area contributed by atoms with Gasteiger partial charge in [0.05, 0.1) is 18.4 Å². The van der Waals surface area contributed by atoms with Crippen LogP contribution in [0.3, 0.4) is 0 Å². The van der Waals surface area contributed by atoms with Crippen LogP contribution in [0.1, 0.15) is 75.3 Å². The molecule has 0 aromatic carbocycles. The van der Waals surface area contributed by atoms with Crippen LogP contribution < -0.4 is 5.32 Å². The summed E-state index contributed by atoms with van der Waals surface area (Å²) in [6.07, 6.45) is 6.77. The molecule has 3 aliphatic rings. The van der Waals surface area contributed by atoms with Gasteiger partial charge in [0.1, 0.15) is 5.01 Å². The lowest BCUT2D eigenvalue weighted by atomic mass is 9.47. The molecule has 0 saturated heterocycles. The zero-order valence-electron chi connectivity index (χ0n) is 19.0. The van der Waals surface area contributed by atoms with E-state index in [-0.39, 0.29) is 29.8 Å². The summed E-state index contributed by atoms with van der Waals surface area (Å²) in [6.45, 7) is 4.26. The Morgan fingerprint density at radius 1 is 1.28 bits per heavy atom. The van der Waals surface area contributed by atoms with Crippen LogP contribution in [-0.2, 0) is 11.2 Å². The van der Waals surface area contributed by atoms with Crippen molar-refractivity contribution >= 4 is 28.6 Å². The van der Waals surface area contributed by atoms with E-state index in [1.807, 2.05) is 6.92 Å². The lowest BCUT2D eigenvalue weighted by Gasteiger charge is -2.58. The van der Waals surface area contributed by atoms with E-state index in [4.69, 9.17) is 4.98 Å². The van der Waals surface area contributed by atoms with Crippen molar-refractivity contribution in [2.45, 2.75) is 83.3 Å². The SMILES string of the molecule is C[C@]1(CO)[C@H]2Cc3sc(-c4ccsc4)nc3[C@@H](CC(=O)NC3CCCC3)[C@]2(C)CC[C@H]1O. The molecule has 2 fully saturated rings. The molecule has 174 valence electrons. The summed E-state index contributed by atoms with van der Waals surface area (Å²) in [5.41, 5.74) is 1.46. The molecule has 2 aromatic rings. The Kier molecular flexibility index (Phi) is 5.98. The maximum absolute atomic E-state index is 13.2. The zero-order valence-corrected chi connectivity index (χ0v) is 20.6. The van der Waals surface area contributed by atoms with Crippen molar-refractivity contribution in [1.29, 1.82) is 0 Å². The summed E-state index contributed by atoms with van der Waals surface area (Å²) in [5, 5.41) is 29.8. The number of amides is 1. The zero-order chi connectivity index (χ0) is 22.5. The van der Waals surface area contributed by atoms with Gasteiger partial charge in [-0.05, 0) is 54.9 Å². The smallest absolute Gasteiger partial charge is 0.220 e. The number of aliphatic hydroxyl groups excluding tert-OH is 2. The highest BCUT2D eigenvalue weighted by Gasteiger charge is 2.59. The summed E-state index contributed by atoms with van der Waals surface area (Å²) in [5.74, 6) is 0.229. The lowest BCUT2D eigenvalue weighted by Crippen LogP contribution is -2.57. The predicted octanol–water partition coefficient (Wildman–Crippen LogP) is 4.74. The minimum atomic E-state index is -0.572. The summed E-state index contributed by atoms with van der Waals surface area (Å²) in [6, 6.07) is 2.41. The second-order valence-electron chi connectivity index (χ2n) is 10.6. The molecule has 3 N–H and O–H groups in total. The van der Waals surface area contributed by atoms with E-state index in [0.29, 0.717) is 18.9 Å². The van der Waals surface area contributed by atoms with E-state index in [1.165, 1.54) is 17.7 Å². The first-order valence-electron chi connectivity index (χ1n) is 12.0. The number of hydrogen-bond acceptors (Lipinski definition) is 6. The van der Waals surface area contributed by atoms with Gasteiger partial charge in [-0.3, -0.25) is 4.79 Å². The number of carbonyl (C=O) groups excluding carboxylic acids is 1. The summed E-state index contributed by atoms with van der Waals surface area (Å²) in [7, 11) is 0. The molecule has 0 bridgehead atoms. The molecular formula is C25H34N2O3S2. The average molecular weight is 475 g/mol. The fourth-order valence-corrected chi connectivity index (χ4v) is 8.58. The van der Waals surface area contributed by atoms with E-state index in [1.54, 1.807) is 22.7 Å². The van der Waals surface area contributed by atoms with Gasteiger partial charge in [-0.1, -0.05) is 26.7 Å². The van der Waals surface area contributed by atoms with E-state index >= 15 is 0 Å². The number of hydrogen-bond donors (Lipinski definition) is 3. The second-order valence-corrected chi connectivity index (χ2v) is 12.5. The molecule has 7 heteroatoms. The monoisotopic (exact) mass is 474 g/mol. The minimum absolute atomic E-state index is 0.000311. The van der Waals surface area contributed by atoms with E-state index < -0.39 is 11.5 Å². The molecular weight excluding hydrogens is 440 g/mol. The van der Waals surface area contributed by atoms with Crippen molar-refractivity contribution in [3.63, 3.8) is 0 Å². The largest absolute Gasteiger partial charge is 0.396 e. The molecule has 32 heavy (non-hydrogen) atoms. The maximum Gasteiger partial charge on any atom is 0.220 e. The van der Waals surface area contributed by atoms with E-state index in [2.05, 4.69) is 29.1 Å². The molecule has 2 heterocycles. The third-order valence-electron chi connectivity index (χ3n) is 8.77. The number of nitrogens with zero attached hydrogens (tertiary/aromatic N) is 1. The molecule has 5 nitrogen and oxygen atoms in total.